The van der Waals surface area contributed by atoms with E-state index >= 15 is 0 Å². The number of sulfonamides is 1. The molecule has 0 aliphatic carbocycles. The molecule has 6 heteroatoms. The van der Waals surface area contributed by atoms with Crippen molar-refractivity contribution in [1.82, 2.24) is 4.31 Å². The minimum Gasteiger partial charge on any atom is -0.494 e. The second-order valence-corrected chi connectivity index (χ2v) is 6.89. The van der Waals surface area contributed by atoms with Gasteiger partial charge in [-0.25, -0.2) is 8.42 Å². The number of ether oxygens (including phenoxy) is 1. The number of rotatable bonds is 9. The van der Waals surface area contributed by atoms with Crippen LogP contribution in [0.25, 0.3) is 0 Å². The highest BCUT2D eigenvalue weighted by molar-refractivity contribution is 7.89. The minimum absolute atomic E-state index is 0.00970. The summed E-state index contributed by atoms with van der Waals surface area (Å²) in [6, 6.07) is 6.41. The lowest BCUT2D eigenvalue weighted by Gasteiger charge is -2.25. The van der Waals surface area contributed by atoms with E-state index in [2.05, 4.69) is 0 Å². The monoisotopic (exact) mass is 315 g/mol. The lowest BCUT2D eigenvalue weighted by molar-refractivity contribution is 0.233. The van der Waals surface area contributed by atoms with Gasteiger partial charge in [0.1, 0.15) is 5.75 Å². The summed E-state index contributed by atoms with van der Waals surface area (Å²) < 4.78 is 31.9. The summed E-state index contributed by atoms with van der Waals surface area (Å²) >= 11 is 0. The third-order valence-electron chi connectivity index (χ3n) is 3.53. The van der Waals surface area contributed by atoms with Gasteiger partial charge < -0.3 is 9.84 Å². The van der Waals surface area contributed by atoms with E-state index in [1.54, 1.807) is 31.3 Å². The number of aliphatic hydroxyl groups is 1. The van der Waals surface area contributed by atoms with Crippen molar-refractivity contribution in [3.8, 4) is 5.75 Å². The number of hydrogen-bond acceptors (Lipinski definition) is 4. The maximum absolute atomic E-state index is 12.5. The summed E-state index contributed by atoms with van der Waals surface area (Å²) in [6.45, 7) is 4.46. The van der Waals surface area contributed by atoms with E-state index in [9.17, 15) is 8.42 Å². The molecule has 0 aliphatic rings. The van der Waals surface area contributed by atoms with Crippen molar-refractivity contribution < 1.29 is 18.3 Å². The van der Waals surface area contributed by atoms with E-state index in [4.69, 9.17) is 9.84 Å². The molecule has 21 heavy (non-hydrogen) atoms. The Morgan fingerprint density at radius 1 is 1.19 bits per heavy atom. The van der Waals surface area contributed by atoms with E-state index in [-0.39, 0.29) is 17.5 Å². The molecule has 1 aromatic carbocycles. The highest BCUT2D eigenvalue weighted by Gasteiger charge is 2.25. The standard InChI is InChI=1S/C15H25NO4S/c1-4-13(5-2)16(3)21(18,19)15-9-7-14(8-10-15)20-12-6-11-17/h7-10,13,17H,4-6,11-12H2,1-3H3. The predicted octanol–water partition coefficient (Wildman–Crippen LogP) is 2.26. The molecular formula is C15H25NO4S. The van der Waals surface area contributed by atoms with Gasteiger partial charge in [0.15, 0.2) is 0 Å². The molecule has 0 atom stereocenters. The van der Waals surface area contributed by atoms with Gasteiger partial charge in [0.2, 0.25) is 10.0 Å². The summed E-state index contributed by atoms with van der Waals surface area (Å²) in [4.78, 5) is 0.270. The molecule has 0 heterocycles. The van der Waals surface area contributed by atoms with Crippen molar-refractivity contribution in [1.29, 1.82) is 0 Å². The molecule has 1 N–H and O–H groups in total. The van der Waals surface area contributed by atoms with Crippen molar-refractivity contribution >= 4 is 10.0 Å². The highest BCUT2D eigenvalue weighted by atomic mass is 32.2. The van der Waals surface area contributed by atoms with Gasteiger partial charge in [-0.3, -0.25) is 0 Å². The Kier molecular flexibility index (Phi) is 7.14. The number of aliphatic hydroxyl groups excluding tert-OH is 1. The normalized spacial score (nSPS) is 12.1. The molecule has 0 fully saturated rings. The van der Waals surface area contributed by atoms with Crippen molar-refractivity contribution in [3.05, 3.63) is 24.3 Å². The Bertz CT molecular complexity index is 509. The van der Waals surface area contributed by atoms with E-state index < -0.39 is 10.0 Å². The van der Waals surface area contributed by atoms with Crippen molar-refractivity contribution in [2.45, 2.75) is 44.0 Å². The molecule has 0 bridgehead atoms. The Morgan fingerprint density at radius 2 is 1.76 bits per heavy atom. The van der Waals surface area contributed by atoms with E-state index in [0.717, 1.165) is 12.8 Å². The lowest BCUT2D eigenvalue weighted by atomic mass is 10.2. The van der Waals surface area contributed by atoms with Crippen molar-refractivity contribution in [2.75, 3.05) is 20.3 Å². The van der Waals surface area contributed by atoms with Gasteiger partial charge in [-0.1, -0.05) is 13.8 Å². The molecule has 1 rings (SSSR count). The van der Waals surface area contributed by atoms with Crippen molar-refractivity contribution in [3.63, 3.8) is 0 Å². The largest absolute Gasteiger partial charge is 0.494 e. The second kappa shape index (κ2) is 8.36. The van der Waals surface area contributed by atoms with Gasteiger partial charge in [0, 0.05) is 26.1 Å². The zero-order chi connectivity index (χ0) is 15.9. The second-order valence-electron chi connectivity index (χ2n) is 4.89. The topological polar surface area (TPSA) is 66.8 Å². The third kappa shape index (κ3) is 4.69. The van der Waals surface area contributed by atoms with Crippen LogP contribution in [0, 0.1) is 0 Å². The first-order chi connectivity index (χ1) is 9.97. The molecular weight excluding hydrogens is 290 g/mol. The first-order valence-corrected chi connectivity index (χ1v) is 8.73. The fourth-order valence-corrected chi connectivity index (χ4v) is 3.63. The maximum atomic E-state index is 12.5. The van der Waals surface area contributed by atoms with Crippen LogP contribution in [0.15, 0.2) is 29.2 Å². The summed E-state index contributed by atoms with van der Waals surface area (Å²) in [5, 5.41) is 8.69. The van der Waals surface area contributed by atoms with Crippen LogP contribution in [0.4, 0.5) is 0 Å². The molecule has 1 aromatic rings. The van der Waals surface area contributed by atoms with Gasteiger partial charge >= 0.3 is 0 Å². The minimum atomic E-state index is -3.47. The summed E-state index contributed by atoms with van der Waals surface area (Å²) in [5.41, 5.74) is 0. The van der Waals surface area contributed by atoms with Gasteiger partial charge in [0.25, 0.3) is 0 Å². The molecule has 0 radical (unpaired) electrons. The Morgan fingerprint density at radius 3 is 2.24 bits per heavy atom. The molecule has 0 amide bonds. The van der Waals surface area contributed by atoms with E-state index in [1.165, 1.54) is 4.31 Å². The fourth-order valence-electron chi connectivity index (χ4n) is 2.13. The number of nitrogens with zero attached hydrogens (tertiary/aromatic N) is 1. The third-order valence-corrected chi connectivity index (χ3v) is 5.45. The van der Waals surface area contributed by atoms with E-state index in [1.807, 2.05) is 13.8 Å². The fraction of sp³-hybridized carbons (Fsp3) is 0.600. The van der Waals surface area contributed by atoms with Crippen LogP contribution in [-0.2, 0) is 10.0 Å². The Balaban J connectivity index is 2.84. The summed E-state index contributed by atoms with van der Waals surface area (Å²) in [5.74, 6) is 0.604. The Labute approximate surface area is 127 Å². The predicted molar refractivity (Wildman–Crippen MR) is 83.0 cm³/mol. The molecule has 0 spiro atoms. The quantitative estimate of drug-likeness (QED) is 0.710. The molecule has 0 aromatic heterocycles. The maximum Gasteiger partial charge on any atom is 0.243 e. The first-order valence-electron chi connectivity index (χ1n) is 7.29. The summed E-state index contributed by atoms with van der Waals surface area (Å²) in [7, 11) is -1.84. The van der Waals surface area contributed by atoms with Crippen LogP contribution in [0.5, 0.6) is 5.75 Å². The van der Waals surface area contributed by atoms with Crippen LogP contribution < -0.4 is 4.74 Å². The molecule has 120 valence electrons. The molecule has 5 nitrogen and oxygen atoms in total. The highest BCUT2D eigenvalue weighted by Crippen LogP contribution is 2.22. The van der Waals surface area contributed by atoms with Crippen LogP contribution in [0.2, 0.25) is 0 Å². The smallest absolute Gasteiger partial charge is 0.243 e. The van der Waals surface area contributed by atoms with Crippen LogP contribution in [0.1, 0.15) is 33.1 Å². The van der Waals surface area contributed by atoms with Gasteiger partial charge in [-0.05, 0) is 37.1 Å². The Hall–Kier alpha value is -1.11. The van der Waals surface area contributed by atoms with Crippen LogP contribution >= 0.6 is 0 Å². The van der Waals surface area contributed by atoms with Gasteiger partial charge in [0.05, 0.1) is 11.5 Å². The van der Waals surface area contributed by atoms with Crippen LogP contribution in [-0.4, -0.2) is 44.1 Å². The first kappa shape index (κ1) is 17.9. The average Bonchev–Trinajstić information content (AvgIpc) is 2.49. The van der Waals surface area contributed by atoms with Gasteiger partial charge in [-0.15, -0.1) is 0 Å². The molecule has 0 saturated heterocycles. The van der Waals surface area contributed by atoms with Gasteiger partial charge in [-0.2, -0.15) is 4.31 Å². The SMILES string of the molecule is CCC(CC)N(C)S(=O)(=O)c1ccc(OCCCO)cc1. The summed E-state index contributed by atoms with van der Waals surface area (Å²) in [6.07, 6.45) is 2.13. The van der Waals surface area contributed by atoms with E-state index in [0.29, 0.717) is 18.8 Å². The number of benzene rings is 1. The average molecular weight is 315 g/mol. The zero-order valence-electron chi connectivity index (χ0n) is 12.9. The molecule has 0 aliphatic heterocycles. The molecule has 0 saturated carbocycles. The number of hydrogen-bond donors (Lipinski definition) is 1. The zero-order valence-corrected chi connectivity index (χ0v) is 13.8. The molecule has 0 unspecified atom stereocenters. The van der Waals surface area contributed by atoms with Crippen LogP contribution in [0.3, 0.4) is 0 Å². The lowest BCUT2D eigenvalue weighted by Crippen LogP contribution is -2.36. The van der Waals surface area contributed by atoms with Crippen molar-refractivity contribution in [2.24, 2.45) is 0 Å².